The highest BCUT2D eigenvalue weighted by molar-refractivity contribution is 8.14. The van der Waals surface area contributed by atoms with Gasteiger partial charge in [-0.1, -0.05) is 53.7 Å². The molecule has 3 rings (SSSR count). The van der Waals surface area contributed by atoms with E-state index in [0.717, 1.165) is 16.2 Å². The van der Waals surface area contributed by atoms with Crippen molar-refractivity contribution in [2.75, 3.05) is 0 Å². The van der Waals surface area contributed by atoms with Crippen LogP contribution in [0.15, 0.2) is 53.6 Å². The zero-order valence-corrected chi connectivity index (χ0v) is 11.2. The van der Waals surface area contributed by atoms with E-state index in [-0.39, 0.29) is 11.2 Å². The van der Waals surface area contributed by atoms with E-state index in [0.29, 0.717) is 0 Å². The summed E-state index contributed by atoms with van der Waals surface area (Å²) in [6, 6.07) is 14.8. The number of rotatable bonds is 2. The monoisotopic (exact) mass is 272 g/mol. The number of halogens is 1. The number of hydrogen-bond donors (Lipinski definition) is 1. The summed E-state index contributed by atoms with van der Waals surface area (Å²) in [7, 11) is 0. The second kappa shape index (κ2) is 5.05. The average Bonchev–Trinajstić information content (AvgIpc) is 2.90. The Balaban J connectivity index is 1.76. The van der Waals surface area contributed by atoms with Crippen molar-refractivity contribution in [3.8, 4) is 0 Å². The molecule has 0 aromatic heterocycles. The maximum atomic E-state index is 12.9. The van der Waals surface area contributed by atoms with Gasteiger partial charge in [0.1, 0.15) is 16.2 Å². The van der Waals surface area contributed by atoms with Gasteiger partial charge in [-0.2, -0.15) is 5.10 Å². The third kappa shape index (κ3) is 2.63. The van der Waals surface area contributed by atoms with Crippen molar-refractivity contribution in [1.29, 1.82) is 0 Å². The third-order valence-corrected chi connectivity index (χ3v) is 4.15. The van der Waals surface area contributed by atoms with Gasteiger partial charge in [0.05, 0.1) is 0 Å². The first-order valence-corrected chi connectivity index (χ1v) is 6.93. The van der Waals surface area contributed by atoms with Crippen LogP contribution in [0.5, 0.6) is 0 Å². The summed E-state index contributed by atoms with van der Waals surface area (Å²) in [5.74, 6) is -0.216. The van der Waals surface area contributed by atoms with Gasteiger partial charge in [-0.3, -0.25) is 5.43 Å². The smallest absolute Gasteiger partial charge is 0.126 e. The molecule has 2 aromatic carbocycles. The van der Waals surface area contributed by atoms with Gasteiger partial charge in [-0.25, -0.2) is 4.39 Å². The van der Waals surface area contributed by atoms with Crippen LogP contribution < -0.4 is 5.43 Å². The summed E-state index contributed by atoms with van der Waals surface area (Å²) in [6.07, 6.45) is 0. The molecule has 1 aliphatic rings. The lowest BCUT2D eigenvalue weighted by Gasteiger charge is -2.09. The Labute approximate surface area is 115 Å². The molecular weight excluding hydrogens is 259 g/mol. The molecule has 0 radical (unpaired) electrons. The number of nitrogens with one attached hydrogen (secondary N) is 1. The SMILES string of the molecule is Cc1ccc(C2=NN[C@H](c3ccc(F)cc3)S2)cc1. The van der Waals surface area contributed by atoms with Gasteiger partial charge in [-0.15, -0.1) is 0 Å². The van der Waals surface area contributed by atoms with Gasteiger partial charge >= 0.3 is 0 Å². The van der Waals surface area contributed by atoms with Crippen LogP contribution in [0.3, 0.4) is 0 Å². The quantitative estimate of drug-likeness (QED) is 0.898. The molecule has 0 unspecified atom stereocenters. The first kappa shape index (κ1) is 12.2. The van der Waals surface area contributed by atoms with Crippen LogP contribution in [0.2, 0.25) is 0 Å². The zero-order chi connectivity index (χ0) is 13.2. The summed E-state index contributed by atoms with van der Waals surface area (Å²) in [5, 5.41) is 5.37. The van der Waals surface area contributed by atoms with Gasteiger partial charge in [0.2, 0.25) is 0 Å². The summed E-state index contributed by atoms with van der Waals surface area (Å²) >= 11 is 1.65. The predicted octanol–water partition coefficient (Wildman–Crippen LogP) is 3.83. The fourth-order valence-electron chi connectivity index (χ4n) is 1.89. The highest BCUT2D eigenvalue weighted by Gasteiger charge is 2.21. The molecule has 0 saturated heterocycles. The normalized spacial score (nSPS) is 18.0. The molecule has 4 heteroatoms. The molecule has 0 spiro atoms. The number of hydrazone groups is 1. The van der Waals surface area contributed by atoms with E-state index in [2.05, 4.69) is 41.7 Å². The second-order valence-electron chi connectivity index (χ2n) is 4.46. The van der Waals surface area contributed by atoms with Crippen molar-refractivity contribution in [3.05, 3.63) is 71.0 Å². The Morgan fingerprint density at radius 1 is 1.05 bits per heavy atom. The Bertz CT molecular complexity index is 605. The minimum Gasteiger partial charge on any atom is -0.291 e. The average molecular weight is 272 g/mol. The Morgan fingerprint density at radius 3 is 2.42 bits per heavy atom. The molecule has 19 heavy (non-hydrogen) atoms. The van der Waals surface area contributed by atoms with Crippen LogP contribution in [0.4, 0.5) is 4.39 Å². The first-order chi connectivity index (χ1) is 9.22. The van der Waals surface area contributed by atoms with E-state index in [1.807, 2.05) is 0 Å². The van der Waals surface area contributed by atoms with Crippen molar-refractivity contribution in [2.45, 2.75) is 12.3 Å². The molecular formula is C15H13FN2S. The van der Waals surface area contributed by atoms with Crippen molar-refractivity contribution in [3.63, 3.8) is 0 Å². The zero-order valence-electron chi connectivity index (χ0n) is 10.4. The van der Waals surface area contributed by atoms with Crippen molar-refractivity contribution < 1.29 is 4.39 Å². The maximum absolute atomic E-state index is 12.9. The molecule has 1 N–H and O–H groups in total. The molecule has 0 saturated carbocycles. The van der Waals surface area contributed by atoms with Crippen LogP contribution >= 0.6 is 11.8 Å². The van der Waals surface area contributed by atoms with E-state index in [1.165, 1.54) is 17.7 Å². The van der Waals surface area contributed by atoms with Crippen LogP contribution in [0.25, 0.3) is 0 Å². The van der Waals surface area contributed by atoms with Crippen molar-refractivity contribution in [2.24, 2.45) is 5.10 Å². The Hall–Kier alpha value is -1.81. The van der Waals surface area contributed by atoms with Crippen molar-refractivity contribution >= 4 is 16.8 Å². The molecule has 1 heterocycles. The van der Waals surface area contributed by atoms with Gasteiger partial charge in [0.25, 0.3) is 0 Å². The first-order valence-electron chi connectivity index (χ1n) is 6.05. The highest BCUT2D eigenvalue weighted by atomic mass is 32.2. The van der Waals surface area contributed by atoms with Gasteiger partial charge in [-0.05, 0) is 24.6 Å². The van der Waals surface area contributed by atoms with E-state index in [9.17, 15) is 4.39 Å². The molecule has 2 aromatic rings. The third-order valence-electron chi connectivity index (χ3n) is 2.98. The second-order valence-corrected chi connectivity index (χ2v) is 5.56. The molecule has 0 fully saturated rings. The van der Waals surface area contributed by atoms with Crippen molar-refractivity contribution in [1.82, 2.24) is 5.43 Å². The summed E-state index contributed by atoms with van der Waals surface area (Å²) in [5.41, 5.74) is 6.45. The number of nitrogens with zero attached hydrogens (tertiary/aromatic N) is 1. The predicted molar refractivity (Wildman–Crippen MR) is 77.6 cm³/mol. The van der Waals surface area contributed by atoms with Crippen LogP contribution in [0.1, 0.15) is 22.1 Å². The van der Waals surface area contributed by atoms with E-state index >= 15 is 0 Å². The van der Waals surface area contributed by atoms with E-state index < -0.39 is 0 Å². The molecule has 0 amide bonds. The maximum Gasteiger partial charge on any atom is 0.126 e. The van der Waals surface area contributed by atoms with Gasteiger partial charge in [0.15, 0.2) is 0 Å². The molecule has 1 atom stereocenters. The van der Waals surface area contributed by atoms with Crippen LogP contribution in [-0.2, 0) is 0 Å². The molecule has 0 aliphatic carbocycles. The lowest BCUT2D eigenvalue weighted by Crippen LogP contribution is -2.06. The number of thioether (sulfide) groups is 1. The Morgan fingerprint density at radius 2 is 1.74 bits per heavy atom. The largest absolute Gasteiger partial charge is 0.291 e. The topological polar surface area (TPSA) is 24.4 Å². The molecule has 2 nitrogen and oxygen atoms in total. The fourth-order valence-corrected chi connectivity index (χ4v) is 2.89. The molecule has 96 valence electrons. The minimum atomic E-state index is -0.216. The number of aryl methyl sites for hydroxylation is 1. The summed E-state index contributed by atoms with van der Waals surface area (Å²) in [4.78, 5) is 0. The summed E-state index contributed by atoms with van der Waals surface area (Å²) in [6.45, 7) is 2.06. The minimum absolute atomic E-state index is 0.0527. The Kier molecular flexibility index (Phi) is 3.25. The standard InChI is InChI=1S/C15H13FN2S/c1-10-2-4-11(5-3-10)14-17-18-15(19-14)12-6-8-13(16)9-7-12/h2-9,15,18H,1H3/t15-/m0/s1. The number of benzene rings is 2. The lowest BCUT2D eigenvalue weighted by molar-refractivity contribution is 0.625. The van der Waals surface area contributed by atoms with E-state index in [1.54, 1.807) is 23.9 Å². The van der Waals surface area contributed by atoms with E-state index in [4.69, 9.17) is 0 Å². The van der Waals surface area contributed by atoms with Gasteiger partial charge in [0, 0.05) is 5.56 Å². The summed E-state index contributed by atoms with van der Waals surface area (Å²) < 4.78 is 12.9. The van der Waals surface area contributed by atoms with Crippen LogP contribution in [0, 0.1) is 12.7 Å². The number of hydrogen-bond acceptors (Lipinski definition) is 3. The fraction of sp³-hybridized carbons (Fsp3) is 0.133. The lowest BCUT2D eigenvalue weighted by atomic mass is 10.2. The van der Waals surface area contributed by atoms with Gasteiger partial charge < -0.3 is 0 Å². The molecule has 1 aliphatic heterocycles. The van der Waals surface area contributed by atoms with Crippen LogP contribution in [-0.4, -0.2) is 5.04 Å². The molecule has 0 bridgehead atoms. The highest BCUT2D eigenvalue weighted by Crippen LogP contribution is 2.34.